The van der Waals surface area contributed by atoms with Gasteiger partial charge in [0.15, 0.2) is 5.79 Å². The molecule has 2 aromatic rings. The van der Waals surface area contributed by atoms with Crippen LogP contribution in [0.3, 0.4) is 0 Å². The number of carbonyl (C=O) groups excluding carboxylic acids is 2. The highest BCUT2D eigenvalue weighted by atomic mass is 79.9. The van der Waals surface area contributed by atoms with Crippen molar-refractivity contribution < 1.29 is 33.3 Å². The maximum atomic E-state index is 13.3. The van der Waals surface area contributed by atoms with E-state index in [9.17, 15) is 14.7 Å². The molecule has 0 aromatic heterocycles. The molecule has 0 spiro atoms. The lowest BCUT2D eigenvalue weighted by Crippen LogP contribution is -2.72. The molecule has 0 saturated carbocycles. The van der Waals surface area contributed by atoms with Crippen molar-refractivity contribution in [1.29, 1.82) is 0 Å². The smallest absolute Gasteiger partial charge is 0.330 e. The van der Waals surface area contributed by atoms with Crippen molar-refractivity contribution in [2.75, 3.05) is 14.2 Å². The summed E-state index contributed by atoms with van der Waals surface area (Å²) in [5.41, 5.74) is 0.273. The second-order valence-corrected chi connectivity index (χ2v) is 15.2. The first kappa shape index (κ1) is 26.8. The quantitative estimate of drug-likeness (QED) is 0.245. The molecule has 0 radical (unpaired) electrons. The zero-order chi connectivity index (χ0) is 26.3. The van der Waals surface area contributed by atoms with Gasteiger partial charge in [0.2, 0.25) is 0 Å². The summed E-state index contributed by atoms with van der Waals surface area (Å²) < 4.78 is 23.7. The summed E-state index contributed by atoms with van der Waals surface area (Å²) >= 11 is 3.60. The third-order valence-corrected chi connectivity index (χ3v) is 13.2. The van der Waals surface area contributed by atoms with Crippen molar-refractivity contribution in [1.82, 2.24) is 0 Å². The zero-order valence-electron chi connectivity index (χ0n) is 20.9. The highest BCUT2D eigenvalue weighted by Gasteiger charge is 2.73. The predicted octanol–water partition coefficient (Wildman–Crippen LogP) is 2.68. The number of hydrogen-bond acceptors (Lipinski definition) is 7. The summed E-state index contributed by atoms with van der Waals surface area (Å²) in [5.74, 6) is -4.01. The largest absolute Gasteiger partial charge is 0.468 e. The summed E-state index contributed by atoms with van der Waals surface area (Å²) in [6.45, 7) is 6.32. The molecule has 5 atom stereocenters. The van der Waals surface area contributed by atoms with Crippen LogP contribution in [-0.2, 0) is 28.2 Å². The lowest BCUT2D eigenvalue weighted by atomic mass is 9.80. The average Bonchev–Trinajstić information content (AvgIpc) is 3.32. The Hall–Kier alpha value is -2.30. The van der Waals surface area contributed by atoms with Crippen molar-refractivity contribution in [2.24, 2.45) is 5.92 Å². The van der Waals surface area contributed by atoms with Crippen molar-refractivity contribution in [3.05, 3.63) is 72.3 Å². The SMILES string of the molecule is COC(=O)/C=C1/[C@@H]2O[C@@](O[Si](c3ccccc3)(c3ccccc3)C(C)(C)C)([C@H](Br)[C@@H]2O)[C@H]1C(=O)OC. The van der Waals surface area contributed by atoms with Gasteiger partial charge in [-0.05, 0) is 21.0 Å². The fourth-order valence-corrected chi connectivity index (χ4v) is 11.0. The Morgan fingerprint density at radius 2 is 1.53 bits per heavy atom. The number of halogens is 1. The molecule has 2 heterocycles. The summed E-state index contributed by atoms with van der Waals surface area (Å²) in [7, 11) is -0.721. The first-order valence-corrected chi connectivity index (χ1v) is 14.5. The first-order chi connectivity index (χ1) is 17.0. The van der Waals surface area contributed by atoms with E-state index >= 15 is 0 Å². The fraction of sp³-hybridized carbons (Fsp3) is 0.407. The van der Waals surface area contributed by atoms with E-state index in [1.165, 1.54) is 20.3 Å². The van der Waals surface area contributed by atoms with E-state index in [0.29, 0.717) is 0 Å². The highest BCUT2D eigenvalue weighted by Crippen LogP contribution is 2.57. The fourth-order valence-electron chi connectivity index (χ4n) is 5.42. The summed E-state index contributed by atoms with van der Waals surface area (Å²) in [6, 6.07) is 19.8. The second kappa shape index (κ2) is 9.87. The number of benzene rings is 2. The maximum absolute atomic E-state index is 13.3. The normalized spacial score (nSPS) is 28.8. The van der Waals surface area contributed by atoms with Crippen LogP contribution in [0.4, 0.5) is 0 Å². The number of methoxy groups -OCH3 is 2. The molecule has 7 nitrogen and oxygen atoms in total. The molecule has 0 unspecified atom stereocenters. The number of hydrogen-bond donors (Lipinski definition) is 1. The zero-order valence-corrected chi connectivity index (χ0v) is 23.5. The Labute approximate surface area is 220 Å². The molecular formula is C27H31BrO7Si. The number of fused-ring (bicyclic) bond motifs is 2. The van der Waals surface area contributed by atoms with Crippen LogP contribution in [0.2, 0.25) is 5.04 Å². The third kappa shape index (κ3) is 4.07. The minimum absolute atomic E-state index is 0.273. The Morgan fingerprint density at radius 1 is 1.00 bits per heavy atom. The van der Waals surface area contributed by atoms with Crippen LogP contribution in [0.25, 0.3) is 0 Å². The molecule has 2 saturated heterocycles. The molecule has 0 aliphatic carbocycles. The molecule has 1 N–H and O–H groups in total. The predicted molar refractivity (Wildman–Crippen MR) is 141 cm³/mol. The van der Waals surface area contributed by atoms with Gasteiger partial charge in [-0.25, -0.2) is 4.79 Å². The number of alkyl halides is 1. The van der Waals surface area contributed by atoms with E-state index in [2.05, 4.69) is 36.7 Å². The topological polar surface area (TPSA) is 91.3 Å². The van der Waals surface area contributed by atoms with Gasteiger partial charge in [0.1, 0.15) is 18.1 Å². The Morgan fingerprint density at radius 3 is 1.97 bits per heavy atom. The number of aliphatic hydroxyl groups excluding tert-OH is 1. The van der Waals surface area contributed by atoms with Gasteiger partial charge < -0.3 is 23.7 Å². The molecule has 2 fully saturated rings. The molecule has 2 aromatic carbocycles. The van der Waals surface area contributed by atoms with E-state index < -0.39 is 54.0 Å². The average molecular weight is 576 g/mol. The molecule has 192 valence electrons. The van der Waals surface area contributed by atoms with E-state index in [4.69, 9.17) is 18.6 Å². The molecule has 9 heteroatoms. The van der Waals surface area contributed by atoms with Crippen LogP contribution < -0.4 is 10.4 Å². The third-order valence-electron chi connectivity index (χ3n) is 7.02. The van der Waals surface area contributed by atoms with Crippen LogP contribution in [0.15, 0.2) is 72.3 Å². The number of ether oxygens (including phenoxy) is 3. The molecular weight excluding hydrogens is 544 g/mol. The van der Waals surface area contributed by atoms with Gasteiger partial charge in [0.25, 0.3) is 8.32 Å². The van der Waals surface area contributed by atoms with Crippen LogP contribution >= 0.6 is 15.9 Å². The Bertz CT molecular complexity index is 1110. The van der Waals surface area contributed by atoms with Crippen LogP contribution in [-0.4, -0.2) is 62.4 Å². The van der Waals surface area contributed by atoms with Gasteiger partial charge in [-0.1, -0.05) is 97.4 Å². The van der Waals surface area contributed by atoms with Crippen LogP contribution in [0, 0.1) is 5.92 Å². The monoisotopic (exact) mass is 574 g/mol. The molecule has 2 aliphatic rings. The number of esters is 2. The molecule has 2 bridgehead atoms. The van der Waals surface area contributed by atoms with Crippen LogP contribution in [0.5, 0.6) is 0 Å². The van der Waals surface area contributed by atoms with E-state index in [-0.39, 0.29) is 5.57 Å². The molecule has 2 aliphatic heterocycles. The van der Waals surface area contributed by atoms with Gasteiger partial charge in [-0.3, -0.25) is 4.79 Å². The lowest BCUT2D eigenvalue weighted by Gasteiger charge is -2.49. The van der Waals surface area contributed by atoms with E-state index in [1.54, 1.807) is 0 Å². The Kier molecular flexibility index (Phi) is 7.33. The number of rotatable bonds is 6. The summed E-state index contributed by atoms with van der Waals surface area (Å²) in [4.78, 5) is 24.8. The number of aliphatic hydroxyl groups is 1. The van der Waals surface area contributed by atoms with Crippen molar-refractivity contribution >= 4 is 46.6 Å². The van der Waals surface area contributed by atoms with Crippen molar-refractivity contribution in [2.45, 2.75) is 48.6 Å². The van der Waals surface area contributed by atoms with Crippen LogP contribution in [0.1, 0.15) is 20.8 Å². The molecule has 4 rings (SSSR count). The van der Waals surface area contributed by atoms with Gasteiger partial charge in [0, 0.05) is 6.08 Å². The minimum Gasteiger partial charge on any atom is -0.468 e. The maximum Gasteiger partial charge on any atom is 0.330 e. The first-order valence-electron chi connectivity index (χ1n) is 11.7. The van der Waals surface area contributed by atoms with Gasteiger partial charge in [0.05, 0.1) is 19.0 Å². The summed E-state index contributed by atoms with van der Waals surface area (Å²) in [5, 5.41) is 12.7. The van der Waals surface area contributed by atoms with E-state index in [0.717, 1.165) is 10.4 Å². The number of carbonyl (C=O) groups is 2. The van der Waals surface area contributed by atoms with Crippen molar-refractivity contribution in [3.8, 4) is 0 Å². The van der Waals surface area contributed by atoms with Gasteiger partial charge in [-0.2, -0.15) is 0 Å². The molecule has 0 amide bonds. The van der Waals surface area contributed by atoms with Crippen molar-refractivity contribution in [3.63, 3.8) is 0 Å². The van der Waals surface area contributed by atoms with E-state index in [1.807, 2.05) is 60.7 Å². The molecule has 36 heavy (non-hydrogen) atoms. The lowest BCUT2D eigenvalue weighted by molar-refractivity contribution is -0.182. The second-order valence-electron chi connectivity index (χ2n) is 10.0. The standard InChI is InChI=1S/C27H31BrO7Si/c1-26(2,3)36(17-12-8-6-9-13-17,18-14-10-7-11-15-18)35-27-21(25(31)33-5)19(16-20(29)32-4)23(34-27)22(30)24(27)28/h6-16,21-24,30H,1-5H3/b19-16+/t21-,22-,23+,24-,27+/m1/s1. The van der Waals surface area contributed by atoms with Gasteiger partial charge >= 0.3 is 11.9 Å². The van der Waals surface area contributed by atoms with Gasteiger partial charge in [-0.15, -0.1) is 0 Å². The minimum atomic E-state index is -3.25. The summed E-state index contributed by atoms with van der Waals surface area (Å²) in [6.07, 6.45) is -0.819. The highest BCUT2D eigenvalue weighted by molar-refractivity contribution is 9.09. The Balaban J connectivity index is 2.00.